The van der Waals surface area contributed by atoms with Gasteiger partial charge in [0, 0.05) is 11.8 Å². The number of aromatic nitrogens is 2. The van der Waals surface area contributed by atoms with Crippen LogP contribution in [0.4, 0.5) is 4.39 Å². The third-order valence-electron chi connectivity index (χ3n) is 2.28. The smallest absolute Gasteiger partial charge is 0.264 e. The molecular formula is C12H11FN4O2. The second kappa shape index (κ2) is 5.76. The predicted octanol–water partition coefficient (Wildman–Crippen LogP) is 0.535. The van der Waals surface area contributed by atoms with Crippen molar-refractivity contribution in [3.63, 3.8) is 0 Å². The zero-order valence-electron chi connectivity index (χ0n) is 9.81. The van der Waals surface area contributed by atoms with Crippen LogP contribution in [-0.2, 0) is 11.2 Å². The number of carbonyl (C=O) groups excluding carboxylic acids is 1. The molecule has 0 fully saturated rings. The van der Waals surface area contributed by atoms with Crippen LogP contribution in [0, 0.1) is 5.82 Å². The van der Waals surface area contributed by atoms with E-state index in [2.05, 4.69) is 20.7 Å². The molecule has 2 rings (SSSR count). The lowest BCUT2D eigenvalue weighted by Crippen LogP contribution is -2.20. The van der Waals surface area contributed by atoms with E-state index in [0.717, 1.165) is 0 Å². The van der Waals surface area contributed by atoms with Crippen LogP contribution in [0.2, 0.25) is 0 Å². The maximum atomic E-state index is 12.6. The minimum absolute atomic E-state index is 0.0134. The number of hydrazone groups is 1. The van der Waals surface area contributed by atoms with E-state index in [1.54, 1.807) is 0 Å². The van der Waals surface area contributed by atoms with Crippen molar-refractivity contribution in [3.05, 3.63) is 57.8 Å². The highest BCUT2D eigenvalue weighted by Crippen LogP contribution is 1.99. The van der Waals surface area contributed by atoms with Crippen LogP contribution in [0.5, 0.6) is 0 Å². The number of hydrogen-bond donors (Lipinski definition) is 3. The number of benzene rings is 1. The van der Waals surface area contributed by atoms with Gasteiger partial charge >= 0.3 is 0 Å². The van der Waals surface area contributed by atoms with E-state index in [4.69, 9.17) is 0 Å². The van der Waals surface area contributed by atoms with Crippen molar-refractivity contribution in [2.24, 2.45) is 5.10 Å². The van der Waals surface area contributed by atoms with Crippen molar-refractivity contribution in [2.45, 2.75) is 6.42 Å². The van der Waals surface area contributed by atoms with E-state index in [9.17, 15) is 14.0 Å². The fourth-order valence-electron chi connectivity index (χ4n) is 1.41. The van der Waals surface area contributed by atoms with Crippen LogP contribution in [0.25, 0.3) is 0 Å². The monoisotopic (exact) mass is 262 g/mol. The first-order valence-corrected chi connectivity index (χ1v) is 5.47. The molecular weight excluding hydrogens is 251 g/mol. The lowest BCUT2D eigenvalue weighted by molar-refractivity contribution is -0.120. The van der Waals surface area contributed by atoms with Crippen LogP contribution < -0.4 is 11.0 Å². The summed E-state index contributed by atoms with van der Waals surface area (Å²) in [5, 5.41) is 8.61. The number of nitrogens with one attached hydrogen (secondary N) is 3. The van der Waals surface area contributed by atoms with Gasteiger partial charge in [-0.3, -0.25) is 14.7 Å². The highest BCUT2D eigenvalue weighted by Gasteiger charge is 2.03. The maximum absolute atomic E-state index is 12.6. The van der Waals surface area contributed by atoms with Crippen LogP contribution in [0.1, 0.15) is 11.3 Å². The van der Waals surface area contributed by atoms with Gasteiger partial charge in [-0.05, 0) is 17.7 Å². The molecule has 0 aliphatic heterocycles. The van der Waals surface area contributed by atoms with Crippen molar-refractivity contribution in [3.8, 4) is 0 Å². The summed E-state index contributed by atoms with van der Waals surface area (Å²) in [6.07, 6.45) is 1.41. The van der Waals surface area contributed by atoms with Crippen LogP contribution in [0.15, 0.2) is 40.2 Å². The minimum atomic E-state index is -0.367. The average molecular weight is 262 g/mol. The average Bonchev–Trinajstić information content (AvgIpc) is 2.77. The van der Waals surface area contributed by atoms with Gasteiger partial charge in [0.25, 0.3) is 5.56 Å². The second-order valence-electron chi connectivity index (χ2n) is 3.81. The molecule has 0 bridgehead atoms. The van der Waals surface area contributed by atoms with Gasteiger partial charge in [0.15, 0.2) is 0 Å². The zero-order chi connectivity index (χ0) is 13.7. The van der Waals surface area contributed by atoms with Crippen molar-refractivity contribution >= 4 is 12.1 Å². The first-order chi connectivity index (χ1) is 9.13. The van der Waals surface area contributed by atoms with Gasteiger partial charge < -0.3 is 5.10 Å². The van der Waals surface area contributed by atoms with E-state index in [1.165, 1.54) is 36.5 Å². The van der Waals surface area contributed by atoms with Gasteiger partial charge in [0.05, 0.1) is 12.6 Å². The molecule has 0 unspecified atom stereocenters. The Morgan fingerprint density at radius 3 is 2.68 bits per heavy atom. The Kier molecular flexibility index (Phi) is 3.87. The van der Waals surface area contributed by atoms with Gasteiger partial charge in [-0.15, -0.1) is 0 Å². The molecule has 0 saturated heterocycles. The topological polar surface area (TPSA) is 90.1 Å². The van der Waals surface area contributed by atoms with Crippen LogP contribution >= 0.6 is 0 Å². The molecule has 0 spiro atoms. The zero-order valence-corrected chi connectivity index (χ0v) is 9.81. The lowest BCUT2D eigenvalue weighted by atomic mass is 10.2. The highest BCUT2D eigenvalue weighted by atomic mass is 19.1. The van der Waals surface area contributed by atoms with Gasteiger partial charge in [-0.2, -0.15) is 5.10 Å². The summed E-state index contributed by atoms with van der Waals surface area (Å²) in [7, 11) is 0. The summed E-state index contributed by atoms with van der Waals surface area (Å²) in [4.78, 5) is 22.3. The summed E-state index contributed by atoms with van der Waals surface area (Å²) >= 11 is 0. The maximum Gasteiger partial charge on any atom is 0.264 e. The van der Waals surface area contributed by atoms with Gasteiger partial charge in [0.1, 0.15) is 5.82 Å². The Labute approximate surface area is 107 Å². The highest BCUT2D eigenvalue weighted by molar-refractivity contribution is 5.83. The van der Waals surface area contributed by atoms with E-state index in [-0.39, 0.29) is 23.7 Å². The van der Waals surface area contributed by atoms with Crippen molar-refractivity contribution < 1.29 is 9.18 Å². The summed E-state index contributed by atoms with van der Waals surface area (Å²) in [6.45, 7) is 0. The summed E-state index contributed by atoms with van der Waals surface area (Å²) in [5.74, 6) is -0.703. The molecule has 0 aliphatic rings. The van der Waals surface area contributed by atoms with Gasteiger partial charge in [0.2, 0.25) is 5.91 Å². The summed E-state index contributed by atoms with van der Waals surface area (Å²) in [5.41, 5.74) is 3.15. The summed E-state index contributed by atoms with van der Waals surface area (Å²) < 4.78 is 12.6. The number of H-pyrrole nitrogens is 2. The lowest BCUT2D eigenvalue weighted by Gasteiger charge is -1.97. The van der Waals surface area contributed by atoms with E-state index in [1.807, 2.05) is 0 Å². The number of carbonyl (C=O) groups is 1. The molecule has 0 atom stereocenters. The molecule has 2 aromatic rings. The largest absolute Gasteiger partial charge is 0.302 e. The Hall–Kier alpha value is -2.70. The van der Waals surface area contributed by atoms with Crippen molar-refractivity contribution in [2.75, 3.05) is 0 Å². The Balaban J connectivity index is 1.86. The van der Waals surface area contributed by atoms with Crippen molar-refractivity contribution in [1.29, 1.82) is 0 Å². The standard InChI is InChI=1S/C12H11FN4O2/c13-9-3-1-8(2-4-9)7-14-16-11(18)5-10-6-12(19)17-15-10/h1-4,6-7H,5H2,(H,16,18)(H2,15,17,19)/b14-7+. The fourth-order valence-corrected chi connectivity index (χ4v) is 1.41. The number of hydrogen-bond acceptors (Lipinski definition) is 3. The van der Waals surface area contributed by atoms with Gasteiger partial charge in [-0.25, -0.2) is 9.82 Å². The molecule has 0 aliphatic carbocycles. The minimum Gasteiger partial charge on any atom is -0.302 e. The SMILES string of the molecule is O=C(Cc1cc(=O)[nH][nH]1)N/N=C/c1ccc(F)cc1. The molecule has 0 saturated carbocycles. The Morgan fingerprint density at radius 2 is 2.05 bits per heavy atom. The Morgan fingerprint density at radius 1 is 1.32 bits per heavy atom. The molecule has 0 radical (unpaired) electrons. The van der Waals surface area contributed by atoms with Crippen molar-refractivity contribution in [1.82, 2.24) is 15.6 Å². The van der Waals surface area contributed by atoms with E-state index < -0.39 is 0 Å². The third kappa shape index (κ3) is 3.91. The summed E-state index contributed by atoms with van der Waals surface area (Å²) in [6, 6.07) is 6.97. The second-order valence-corrected chi connectivity index (χ2v) is 3.81. The Bertz CT molecular complexity index is 642. The fraction of sp³-hybridized carbons (Fsp3) is 0.0833. The number of aromatic amines is 2. The molecule has 6 nitrogen and oxygen atoms in total. The first-order valence-electron chi connectivity index (χ1n) is 5.47. The molecule has 1 aromatic carbocycles. The first kappa shape index (κ1) is 12.7. The van der Waals surface area contributed by atoms with Crippen LogP contribution in [0.3, 0.4) is 0 Å². The third-order valence-corrected chi connectivity index (χ3v) is 2.28. The van der Waals surface area contributed by atoms with E-state index >= 15 is 0 Å². The molecule has 7 heteroatoms. The molecule has 3 N–H and O–H groups in total. The number of nitrogens with zero attached hydrogens (tertiary/aromatic N) is 1. The normalized spacial score (nSPS) is 10.8. The quantitative estimate of drug-likeness (QED) is 0.554. The number of rotatable bonds is 4. The van der Waals surface area contributed by atoms with Gasteiger partial charge in [-0.1, -0.05) is 12.1 Å². The number of amides is 1. The molecule has 1 aromatic heterocycles. The molecule has 1 heterocycles. The number of halogens is 1. The predicted molar refractivity (Wildman–Crippen MR) is 67.3 cm³/mol. The van der Waals surface area contributed by atoms with Crippen LogP contribution in [-0.4, -0.2) is 22.3 Å². The molecule has 19 heavy (non-hydrogen) atoms. The molecule has 1 amide bonds. The molecule has 98 valence electrons. The van der Waals surface area contributed by atoms with E-state index in [0.29, 0.717) is 11.3 Å².